The van der Waals surface area contributed by atoms with Crippen LogP contribution in [-0.4, -0.2) is 52.7 Å². The largest absolute Gasteiger partial charge is 0.388 e. The zero-order chi connectivity index (χ0) is 29.8. The van der Waals surface area contributed by atoms with Gasteiger partial charge in [-0.3, -0.25) is 0 Å². The normalized spacial score (nSPS) is 38.5. The maximum Gasteiger partial charge on any atom is 0.171 e. The molecule has 6 atom stereocenters. The second-order valence-electron chi connectivity index (χ2n) is 14.7. The summed E-state index contributed by atoms with van der Waals surface area (Å²) in [5, 5.41) is 26.8. The van der Waals surface area contributed by atoms with Gasteiger partial charge < -0.3 is 25.4 Å². The Morgan fingerprint density at radius 1 is 1.05 bits per heavy atom. The van der Waals surface area contributed by atoms with Crippen molar-refractivity contribution in [1.29, 1.82) is 0 Å². The number of nitrogens with two attached hydrogens (primary N) is 1. The Kier molecular flexibility index (Phi) is 8.04. The van der Waals surface area contributed by atoms with E-state index < -0.39 is 17.0 Å². The minimum absolute atomic E-state index is 0.00560. The van der Waals surface area contributed by atoms with Crippen LogP contribution in [0.5, 0.6) is 0 Å². The molecular formula is C36H49NO4S. The summed E-state index contributed by atoms with van der Waals surface area (Å²) in [7, 11) is 0. The lowest BCUT2D eigenvalue weighted by atomic mass is 9.50. The fourth-order valence-corrected chi connectivity index (χ4v) is 10.2. The molecule has 4 N–H and O–H groups in total. The van der Waals surface area contributed by atoms with E-state index in [-0.39, 0.29) is 16.7 Å². The van der Waals surface area contributed by atoms with Crippen LogP contribution in [0.15, 0.2) is 46.9 Å². The number of aliphatic hydroxyl groups is 2. The summed E-state index contributed by atoms with van der Waals surface area (Å²) in [4.78, 5) is 0. The minimum atomic E-state index is -0.916. The Labute approximate surface area is 256 Å². The van der Waals surface area contributed by atoms with Crippen molar-refractivity contribution in [2.24, 2.45) is 28.4 Å². The monoisotopic (exact) mass is 591 g/mol. The molecule has 6 heteroatoms. The summed E-state index contributed by atoms with van der Waals surface area (Å²) in [5.41, 5.74) is 8.68. The van der Waals surface area contributed by atoms with Crippen LogP contribution in [0.3, 0.4) is 0 Å². The Bertz CT molecular complexity index is 1300. The van der Waals surface area contributed by atoms with Gasteiger partial charge in [0.25, 0.3) is 0 Å². The molecule has 0 radical (unpaired) electrons. The highest BCUT2D eigenvalue weighted by Crippen LogP contribution is 2.68. The van der Waals surface area contributed by atoms with Gasteiger partial charge in [0.2, 0.25) is 0 Å². The van der Waals surface area contributed by atoms with Crippen molar-refractivity contribution in [2.75, 3.05) is 25.5 Å². The van der Waals surface area contributed by atoms with Gasteiger partial charge in [-0.15, -0.1) is 11.8 Å². The molecule has 6 unspecified atom stereocenters. The number of ether oxygens (including phenoxy) is 2. The maximum atomic E-state index is 12.4. The molecule has 4 fully saturated rings. The molecule has 5 nitrogen and oxygen atoms in total. The Hall–Kier alpha value is -1.59. The number of fused-ring (bicyclic) bond motifs is 4. The SMILES string of the molecule is CC=CSCC1(O)CCC2C3CCC4(O)CC5(CCC4=C3C(c3ccc(C#CCN)cc3)CC21C)OCC(C)(C)CO5. The number of rotatable bonds is 4. The summed E-state index contributed by atoms with van der Waals surface area (Å²) in [6, 6.07) is 8.64. The molecule has 1 aromatic carbocycles. The summed E-state index contributed by atoms with van der Waals surface area (Å²) in [6.07, 6.45) is 8.57. The van der Waals surface area contributed by atoms with Crippen LogP contribution in [-0.2, 0) is 9.47 Å². The van der Waals surface area contributed by atoms with Crippen LogP contribution in [0, 0.1) is 34.5 Å². The standard InChI is InChI=1S/C36H49NO4S/c1-5-19-42-24-35(39)16-13-29-27-12-15-34(38)21-36(40-22-32(2,3)23-41-36)17-14-30(34)31(27)28(20-33(29,35)4)26-10-8-25(9-11-26)7-6-18-37/h5,8-11,19,27-29,38-39H,12-18,20-24,37H2,1-4H3. The van der Waals surface area contributed by atoms with E-state index in [1.807, 2.05) is 6.92 Å². The highest BCUT2D eigenvalue weighted by Gasteiger charge is 2.64. The van der Waals surface area contributed by atoms with E-state index >= 15 is 0 Å². The summed E-state index contributed by atoms with van der Waals surface area (Å²) >= 11 is 1.73. The van der Waals surface area contributed by atoms with Gasteiger partial charge in [-0.2, -0.15) is 0 Å². The molecule has 1 aromatic rings. The first-order valence-electron chi connectivity index (χ1n) is 15.9. The smallest absolute Gasteiger partial charge is 0.171 e. The molecule has 0 bridgehead atoms. The van der Waals surface area contributed by atoms with Crippen LogP contribution >= 0.6 is 11.8 Å². The van der Waals surface area contributed by atoms with Crippen molar-refractivity contribution < 1.29 is 19.7 Å². The van der Waals surface area contributed by atoms with Crippen LogP contribution in [0.2, 0.25) is 0 Å². The molecule has 3 saturated carbocycles. The molecule has 1 aliphatic heterocycles. The summed E-state index contributed by atoms with van der Waals surface area (Å²) in [6.45, 7) is 10.4. The van der Waals surface area contributed by atoms with Gasteiger partial charge >= 0.3 is 0 Å². The van der Waals surface area contributed by atoms with E-state index in [4.69, 9.17) is 15.2 Å². The zero-order valence-electron chi connectivity index (χ0n) is 25.9. The van der Waals surface area contributed by atoms with Crippen LogP contribution in [0.25, 0.3) is 0 Å². The molecule has 228 valence electrons. The predicted molar refractivity (Wildman–Crippen MR) is 170 cm³/mol. The lowest BCUT2D eigenvalue weighted by Gasteiger charge is -2.58. The highest BCUT2D eigenvalue weighted by atomic mass is 32.2. The topological polar surface area (TPSA) is 84.9 Å². The van der Waals surface area contributed by atoms with Crippen molar-refractivity contribution >= 4 is 11.8 Å². The first-order valence-corrected chi connectivity index (χ1v) is 17.0. The van der Waals surface area contributed by atoms with Crippen LogP contribution in [0.1, 0.15) is 96.1 Å². The van der Waals surface area contributed by atoms with Crippen molar-refractivity contribution in [3.63, 3.8) is 0 Å². The van der Waals surface area contributed by atoms with Gasteiger partial charge in [0.15, 0.2) is 5.79 Å². The third-order valence-corrected chi connectivity index (χ3v) is 12.5. The van der Waals surface area contributed by atoms with Crippen molar-refractivity contribution in [2.45, 2.75) is 102 Å². The zero-order valence-corrected chi connectivity index (χ0v) is 26.7. The lowest BCUT2D eigenvalue weighted by molar-refractivity contribution is -0.322. The van der Waals surface area contributed by atoms with Gasteiger partial charge in [-0.05, 0) is 86.0 Å². The molecule has 0 aromatic heterocycles. The number of thioether (sulfide) groups is 1. The third-order valence-electron chi connectivity index (χ3n) is 11.4. The van der Waals surface area contributed by atoms with E-state index in [9.17, 15) is 10.2 Å². The van der Waals surface area contributed by atoms with E-state index in [0.29, 0.717) is 38.0 Å². The van der Waals surface area contributed by atoms with E-state index in [1.54, 1.807) is 11.8 Å². The molecule has 4 aliphatic carbocycles. The minimum Gasteiger partial charge on any atom is -0.388 e. The molecule has 42 heavy (non-hydrogen) atoms. The average Bonchev–Trinajstić information content (AvgIpc) is 3.23. The second-order valence-corrected chi connectivity index (χ2v) is 15.6. The van der Waals surface area contributed by atoms with E-state index in [1.165, 1.54) is 16.7 Å². The van der Waals surface area contributed by atoms with Crippen molar-refractivity contribution in [1.82, 2.24) is 0 Å². The van der Waals surface area contributed by atoms with Gasteiger partial charge in [-0.25, -0.2) is 0 Å². The van der Waals surface area contributed by atoms with Crippen LogP contribution < -0.4 is 5.73 Å². The van der Waals surface area contributed by atoms with Crippen molar-refractivity contribution in [3.05, 3.63) is 58.0 Å². The van der Waals surface area contributed by atoms with E-state index in [2.05, 4.69) is 68.4 Å². The molecule has 1 saturated heterocycles. The van der Waals surface area contributed by atoms with Gasteiger partial charge in [0.1, 0.15) is 0 Å². The molecule has 1 spiro atoms. The maximum absolute atomic E-state index is 12.4. The first kappa shape index (κ1) is 30.4. The quantitative estimate of drug-likeness (QED) is 0.282. The molecule has 0 amide bonds. The predicted octanol–water partition coefficient (Wildman–Crippen LogP) is 6.29. The second kappa shape index (κ2) is 11.1. The lowest BCUT2D eigenvalue weighted by Crippen LogP contribution is -2.58. The average molecular weight is 592 g/mol. The summed E-state index contributed by atoms with van der Waals surface area (Å²) < 4.78 is 12.8. The third kappa shape index (κ3) is 5.13. The number of benzene rings is 1. The number of allylic oxidation sites excluding steroid dienone is 2. The van der Waals surface area contributed by atoms with Gasteiger partial charge in [0.05, 0.1) is 31.0 Å². The Morgan fingerprint density at radius 3 is 2.48 bits per heavy atom. The summed E-state index contributed by atoms with van der Waals surface area (Å²) in [5.74, 6) is 7.08. The first-order chi connectivity index (χ1) is 20.0. The fraction of sp³-hybridized carbons (Fsp3) is 0.667. The fourth-order valence-electron chi connectivity index (χ4n) is 9.12. The van der Waals surface area contributed by atoms with Crippen molar-refractivity contribution in [3.8, 4) is 11.8 Å². The Balaban J connectivity index is 1.40. The number of hydrogen-bond acceptors (Lipinski definition) is 6. The van der Waals surface area contributed by atoms with Crippen LogP contribution in [0.4, 0.5) is 0 Å². The highest BCUT2D eigenvalue weighted by molar-refractivity contribution is 8.02. The Morgan fingerprint density at radius 2 is 1.79 bits per heavy atom. The number of hydrogen-bond donors (Lipinski definition) is 3. The van der Waals surface area contributed by atoms with E-state index in [0.717, 1.165) is 56.3 Å². The molecule has 5 aliphatic rings. The molecule has 6 rings (SSSR count). The van der Waals surface area contributed by atoms with Gasteiger partial charge in [-0.1, -0.05) is 56.4 Å². The molecule has 1 heterocycles. The molecular weight excluding hydrogens is 542 g/mol. The van der Waals surface area contributed by atoms with Gasteiger partial charge in [0, 0.05) is 40.9 Å².